The van der Waals surface area contributed by atoms with Crippen molar-refractivity contribution in [3.63, 3.8) is 0 Å². The molecule has 1 aliphatic rings. The molecule has 5 nitrogen and oxygen atoms in total. The van der Waals surface area contributed by atoms with Gasteiger partial charge in [0.25, 0.3) is 5.91 Å². The van der Waals surface area contributed by atoms with Gasteiger partial charge in [0.15, 0.2) is 0 Å². The molecule has 2 amide bonds. The van der Waals surface area contributed by atoms with Crippen molar-refractivity contribution in [1.82, 2.24) is 15.1 Å². The lowest BCUT2D eigenvalue weighted by molar-refractivity contribution is -0.134. The maximum Gasteiger partial charge on any atom is 0.262 e. The summed E-state index contributed by atoms with van der Waals surface area (Å²) in [6.07, 6.45) is 0. The molecule has 1 fully saturated rings. The molecule has 1 atom stereocenters. The summed E-state index contributed by atoms with van der Waals surface area (Å²) in [6, 6.07) is 7.00. The maximum absolute atomic E-state index is 12.6. The normalized spacial score (nSPS) is 16.5. The molecule has 1 N–H and O–H groups in total. The molecule has 3 heterocycles. The Labute approximate surface area is 174 Å². The van der Waals surface area contributed by atoms with Crippen molar-refractivity contribution in [3.05, 3.63) is 42.1 Å². The number of thiophene rings is 2. The minimum absolute atomic E-state index is 0.0345. The van der Waals surface area contributed by atoms with E-state index in [4.69, 9.17) is 11.6 Å². The Bertz CT molecular complexity index is 787. The molecule has 9 heteroatoms. The first kappa shape index (κ1) is 19.8. The van der Waals surface area contributed by atoms with Crippen LogP contribution in [0.5, 0.6) is 0 Å². The van der Waals surface area contributed by atoms with Gasteiger partial charge in [-0.05, 0) is 47.1 Å². The van der Waals surface area contributed by atoms with Gasteiger partial charge in [-0.2, -0.15) is 0 Å². The summed E-state index contributed by atoms with van der Waals surface area (Å²) in [6.45, 7) is 5.58. The molecule has 140 valence electrons. The van der Waals surface area contributed by atoms with Gasteiger partial charge in [-0.25, -0.2) is 0 Å². The lowest BCUT2D eigenvalue weighted by atomic mass is 10.2. The molecule has 0 spiro atoms. The molecule has 0 bridgehead atoms. The van der Waals surface area contributed by atoms with E-state index in [9.17, 15) is 9.59 Å². The van der Waals surface area contributed by atoms with E-state index in [0.29, 0.717) is 18.0 Å². The van der Waals surface area contributed by atoms with Crippen LogP contribution in [-0.2, 0) is 11.3 Å². The predicted molar refractivity (Wildman–Crippen MR) is 110 cm³/mol. The second kappa shape index (κ2) is 8.84. The molecule has 2 aromatic heterocycles. The standard InChI is InChI=1S/C17H19BrClN3O2S2/c1-11(20-16(23)13-3-4-14(18)26-13)17(24)22-8-6-21(7-9-22)10-12-2-5-15(19)25-12/h2-5,11H,6-10H2,1H3,(H,20,23). The number of piperazine rings is 1. The van der Waals surface area contributed by atoms with Crippen LogP contribution in [0.4, 0.5) is 0 Å². The van der Waals surface area contributed by atoms with Crippen molar-refractivity contribution in [2.75, 3.05) is 26.2 Å². The molecule has 26 heavy (non-hydrogen) atoms. The summed E-state index contributed by atoms with van der Waals surface area (Å²) < 4.78 is 1.70. The fourth-order valence-corrected chi connectivity index (χ4v) is 5.24. The van der Waals surface area contributed by atoms with E-state index < -0.39 is 6.04 Å². The number of hydrogen-bond donors (Lipinski definition) is 1. The van der Waals surface area contributed by atoms with E-state index >= 15 is 0 Å². The van der Waals surface area contributed by atoms with Gasteiger partial charge < -0.3 is 10.2 Å². The third kappa shape index (κ3) is 5.07. The molecule has 0 aromatic carbocycles. The van der Waals surface area contributed by atoms with E-state index in [-0.39, 0.29) is 11.8 Å². The van der Waals surface area contributed by atoms with E-state index in [2.05, 4.69) is 26.1 Å². The van der Waals surface area contributed by atoms with Crippen molar-refractivity contribution in [2.45, 2.75) is 19.5 Å². The monoisotopic (exact) mass is 475 g/mol. The minimum Gasteiger partial charge on any atom is -0.340 e. The fourth-order valence-electron chi connectivity index (χ4n) is 2.82. The van der Waals surface area contributed by atoms with E-state index in [0.717, 1.165) is 27.8 Å². The van der Waals surface area contributed by atoms with E-state index in [1.165, 1.54) is 16.2 Å². The lowest BCUT2D eigenvalue weighted by Crippen LogP contribution is -2.53. The molecule has 0 saturated carbocycles. The van der Waals surface area contributed by atoms with Crippen LogP contribution in [0.25, 0.3) is 0 Å². The summed E-state index contributed by atoms with van der Waals surface area (Å²) in [7, 11) is 0. The van der Waals surface area contributed by atoms with Gasteiger partial charge in [0, 0.05) is 37.6 Å². The van der Waals surface area contributed by atoms with Gasteiger partial charge in [0.2, 0.25) is 5.91 Å². The second-order valence-electron chi connectivity index (χ2n) is 6.11. The third-order valence-corrected chi connectivity index (χ3v) is 7.05. The Balaban J connectivity index is 1.47. The number of nitrogens with one attached hydrogen (secondary N) is 1. The van der Waals surface area contributed by atoms with Crippen LogP contribution >= 0.6 is 50.2 Å². The number of amides is 2. The van der Waals surface area contributed by atoms with Crippen molar-refractivity contribution >= 4 is 62.0 Å². The third-order valence-electron chi connectivity index (χ3n) is 4.21. The average Bonchev–Trinajstić information content (AvgIpc) is 3.23. The van der Waals surface area contributed by atoms with Crippen LogP contribution in [0.1, 0.15) is 21.5 Å². The molecule has 1 aliphatic heterocycles. The van der Waals surface area contributed by atoms with Gasteiger partial charge >= 0.3 is 0 Å². The number of carbonyl (C=O) groups excluding carboxylic acids is 2. The van der Waals surface area contributed by atoms with Gasteiger partial charge in [-0.1, -0.05) is 11.6 Å². The van der Waals surface area contributed by atoms with Crippen molar-refractivity contribution in [2.24, 2.45) is 0 Å². The Hall–Kier alpha value is -0.930. The van der Waals surface area contributed by atoms with E-state index in [1.54, 1.807) is 24.3 Å². The van der Waals surface area contributed by atoms with Crippen LogP contribution in [0.15, 0.2) is 28.1 Å². The minimum atomic E-state index is -0.536. The molecular formula is C17H19BrClN3O2S2. The Kier molecular flexibility index (Phi) is 6.74. The summed E-state index contributed by atoms with van der Waals surface area (Å²) in [5.41, 5.74) is 0. The van der Waals surface area contributed by atoms with Crippen LogP contribution < -0.4 is 5.32 Å². The van der Waals surface area contributed by atoms with Gasteiger partial charge in [0.05, 0.1) is 13.0 Å². The topological polar surface area (TPSA) is 52.7 Å². The van der Waals surface area contributed by atoms with Crippen LogP contribution in [0.3, 0.4) is 0 Å². The van der Waals surface area contributed by atoms with Crippen molar-refractivity contribution in [1.29, 1.82) is 0 Å². The summed E-state index contributed by atoms with van der Waals surface area (Å²) in [4.78, 5) is 30.8. The molecule has 0 radical (unpaired) electrons. The maximum atomic E-state index is 12.6. The Morgan fingerprint density at radius 1 is 1.19 bits per heavy atom. The SMILES string of the molecule is CC(NC(=O)c1ccc(Br)s1)C(=O)N1CCN(Cc2ccc(Cl)s2)CC1. The molecule has 0 aliphatic carbocycles. The summed E-state index contributed by atoms with van der Waals surface area (Å²) in [5.74, 6) is -0.248. The van der Waals surface area contributed by atoms with Crippen LogP contribution in [-0.4, -0.2) is 53.8 Å². The first-order chi connectivity index (χ1) is 12.4. The Morgan fingerprint density at radius 2 is 1.92 bits per heavy atom. The van der Waals surface area contributed by atoms with Gasteiger partial charge in [0.1, 0.15) is 6.04 Å². The summed E-state index contributed by atoms with van der Waals surface area (Å²) >= 11 is 12.3. The largest absolute Gasteiger partial charge is 0.340 e. The lowest BCUT2D eigenvalue weighted by Gasteiger charge is -2.35. The highest BCUT2D eigenvalue weighted by molar-refractivity contribution is 9.11. The molecule has 3 rings (SSSR count). The van der Waals surface area contributed by atoms with E-state index in [1.807, 2.05) is 23.1 Å². The van der Waals surface area contributed by atoms with Gasteiger partial charge in [-0.15, -0.1) is 22.7 Å². The summed E-state index contributed by atoms with van der Waals surface area (Å²) in [5, 5.41) is 2.79. The highest BCUT2D eigenvalue weighted by Gasteiger charge is 2.26. The van der Waals surface area contributed by atoms with Crippen LogP contribution in [0.2, 0.25) is 4.34 Å². The highest BCUT2D eigenvalue weighted by atomic mass is 79.9. The number of nitrogens with zero attached hydrogens (tertiary/aromatic N) is 2. The van der Waals surface area contributed by atoms with Crippen molar-refractivity contribution < 1.29 is 9.59 Å². The smallest absolute Gasteiger partial charge is 0.262 e. The second-order valence-corrected chi connectivity index (χ2v) is 10.4. The predicted octanol–water partition coefficient (Wildman–Crippen LogP) is 3.69. The van der Waals surface area contributed by atoms with Crippen molar-refractivity contribution in [3.8, 4) is 0 Å². The first-order valence-corrected chi connectivity index (χ1v) is 11.0. The number of hydrogen-bond acceptors (Lipinski definition) is 5. The quantitative estimate of drug-likeness (QED) is 0.716. The highest BCUT2D eigenvalue weighted by Crippen LogP contribution is 2.23. The molecule has 1 saturated heterocycles. The van der Waals surface area contributed by atoms with Crippen LogP contribution in [0, 0.1) is 0 Å². The Morgan fingerprint density at radius 3 is 2.50 bits per heavy atom. The van der Waals surface area contributed by atoms with Gasteiger partial charge in [-0.3, -0.25) is 14.5 Å². The average molecular weight is 477 g/mol. The molecular weight excluding hydrogens is 458 g/mol. The zero-order valence-corrected chi connectivity index (χ0v) is 18.2. The zero-order chi connectivity index (χ0) is 18.7. The molecule has 1 unspecified atom stereocenters. The fraction of sp³-hybridized carbons (Fsp3) is 0.412. The number of carbonyl (C=O) groups is 2. The zero-order valence-electron chi connectivity index (χ0n) is 14.2. The number of halogens is 2. The number of rotatable bonds is 5. The molecule has 2 aromatic rings. The first-order valence-electron chi connectivity index (χ1n) is 8.24.